The Morgan fingerprint density at radius 3 is 2.53 bits per heavy atom. The van der Waals surface area contributed by atoms with Gasteiger partial charge in [-0.05, 0) is 32.1 Å². The molecule has 86 valence electrons. The van der Waals surface area contributed by atoms with Crippen LogP contribution in [0.2, 0.25) is 0 Å². The van der Waals surface area contributed by atoms with E-state index in [0.717, 1.165) is 0 Å². The second-order valence-electron chi connectivity index (χ2n) is 4.97. The quantitative estimate of drug-likeness (QED) is 0.572. The SMILES string of the molecule is CCONC(=O)C1C(C=C(C)C)C1(C)C. The number of amides is 1. The lowest BCUT2D eigenvalue weighted by molar-refractivity contribution is -0.135. The van der Waals surface area contributed by atoms with Crippen LogP contribution in [0.1, 0.15) is 34.6 Å². The highest BCUT2D eigenvalue weighted by molar-refractivity contribution is 5.82. The highest BCUT2D eigenvalue weighted by Crippen LogP contribution is 2.59. The van der Waals surface area contributed by atoms with Crippen LogP contribution in [0.3, 0.4) is 0 Å². The summed E-state index contributed by atoms with van der Waals surface area (Å²) in [6, 6.07) is 0. The molecule has 0 aromatic carbocycles. The molecule has 0 aromatic rings. The van der Waals surface area contributed by atoms with Gasteiger partial charge in [-0.15, -0.1) is 0 Å². The topological polar surface area (TPSA) is 38.3 Å². The zero-order chi connectivity index (χ0) is 11.6. The lowest BCUT2D eigenvalue weighted by Crippen LogP contribution is -2.26. The molecule has 1 saturated carbocycles. The molecule has 3 heteroatoms. The van der Waals surface area contributed by atoms with Gasteiger partial charge >= 0.3 is 0 Å². The van der Waals surface area contributed by atoms with Crippen molar-refractivity contribution in [1.29, 1.82) is 0 Å². The standard InChI is InChI=1S/C12H21NO2/c1-6-15-13-11(14)10-9(7-8(2)3)12(10,4)5/h7,9-10H,6H2,1-5H3,(H,13,14). The number of nitrogens with one attached hydrogen (secondary N) is 1. The molecule has 1 fully saturated rings. The van der Waals surface area contributed by atoms with E-state index in [1.165, 1.54) is 5.57 Å². The van der Waals surface area contributed by atoms with E-state index < -0.39 is 0 Å². The highest BCUT2D eigenvalue weighted by atomic mass is 16.6. The van der Waals surface area contributed by atoms with Crippen molar-refractivity contribution < 1.29 is 9.63 Å². The van der Waals surface area contributed by atoms with E-state index in [4.69, 9.17) is 4.84 Å². The average molecular weight is 211 g/mol. The van der Waals surface area contributed by atoms with Crippen LogP contribution in [0.4, 0.5) is 0 Å². The van der Waals surface area contributed by atoms with E-state index in [1.807, 2.05) is 6.92 Å². The number of hydrogen-bond acceptors (Lipinski definition) is 2. The van der Waals surface area contributed by atoms with Gasteiger partial charge in [0.05, 0.1) is 12.5 Å². The molecule has 1 aliphatic carbocycles. The van der Waals surface area contributed by atoms with Crippen LogP contribution < -0.4 is 5.48 Å². The monoisotopic (exact) mass is 211 g/mol. The van der Waals surface area contributed by atoms with E-state index >= 15 is 0 Å². The van der Waals surface area contributed by atoms with Crippen LogP contribution in [-0.2, 0) is 9.63 Å². The van der Waals surface area contributed by atoms with Crippen molar-refractivity contribution >= 4 is 5.91 Å². The van der Waals surface area contributed by atoms with Crippen molar-refractivity contribution in [2.45, 2.75) is 34.6 Å². The molecule has 1 aliphatic rings. The summed E-state index contributed by atoms with van der Waals surface area (Å²) >= 11 is 0. The predicted octanol–water partition coefficient (Wildman–Crippen LogP) is 2.29. The molecule has 2 atom stereocenters. The Balaban J connectivity index is 2.58. The van der Waals surface area contributed by atoms with E-state index in [-0.39, 0.29) is 17.2 Å². The molecular formula is C12H21NO2. The number of hydrogen-bond donors (Lipinski definition) is 1. The van der Waals surface area contributed by atoms with Crippen molar-refractivity contribution in [1.82, 2.24) is 5.48 Å². The molecule has 1 N–H and O–H groups in total. The van der Waals surface area contributed by atoms with Crippen LogP contribution in [0.15, 0.2) is 11.6 Å². The fourth-order valence-electron chi connectivity index (χ4n) is 2.06. The van der Waals surface area contributed by atoms with Crippen LogP contribution in [0, 0.1) is 17.3 Å². The number of rotatable bonds is 4. The first kappa shape index (κ1) is 12.2. The summed E-state index contributed by atoms with van der Waals surface area (Å²) in [5, 5.41) is 0. The van der Waals surface area contributed by atoms with Gasteiger partial charge in [0.25, 0.3) is 0 Å². The first-order valence-corrected chi connectivity index (χ1v) is 5.48. The first-order chi connectivity index (χ1) is 6.91. The molecule has 1 rings (SSSR count). The maximum atomic E-state index is 11.7. The van der Waals surface area contributed by atoms with Gasteiger partial charge in [-0.3, -0.25) is 9.63 Å². The summed E-state index contributed by atoms with van der Waals surface area (Å²) in [6.07, 6.45) is 2.18. The fraction of sp³-hybridized carbons (Fsp3) is 0.750. The molecule has 0 saturated heterocycles. The second-order valence-corrected chi connectivity index (χ2v) is 4.97. The largest absolute Gasteiger partial charge is 0.274 e. The Hall–Kier alpha value is -0.830. The van der Waals surface area contributed by atoms with Crippen molar-refractivity contribution in [2.75, 3.05) is 6.61 Å². The maximum absolute atomic E-state index is 11.7. The molecule has 1 amide bonds. The van der Waals surface area contributed by atoms with Gasteiger partial charge in [-0.1, -0.05) is 25.5 Å². The zero-order valence-corrected chi connectivity index (χ0v) is 10.3. The molecule has 0 spiro atoms. The number of carbonyl (C=O) groups excluding carboxylic acids is 1. The van der Waals surface area contributed by atoms with Crippen LogP contribution in [-0.4, -0.2) is 12.5 Å². The highest BCUT2D eigenvalue weighted by Gasteiger charge is 2.60. The summed E-state index contributed by atoms with van der Waals surface area (Å²) < 4.78 is 0. The minimum absolute atomic E-state index is 0.00403. The maximum Gasteiger partial charge on any atom is 0.247 e. The molecule has 3 nitrogen and oxygen atoms in total. The molecule has 2 unspecified atom stereocenters. The van der Waals surface area contributed by atoms with Gasteiger partial charge in [0.15, 0.2) is 0 Å². The van der Waals surface area contributed by atoms with E-state index in [1.54, 1.807) is 0 Å². The van der Waals surface area contributed by atoms with Crippen molar-refractivity contribution in [3.05, 3.63) is 11.6 Å². The minimum atomic E-state index is 0.00403. The summed E-state index contributed by atoms with van der Waals surface area (Å²) in [7, 11) is 0. The van der Waals surface area contributed by atoms with Crippen LogP contribution in [0.5, 0.6) is 0 Å². The molecule has 15 heavy (non-hydrogen) atoms. The number of carbonyl (C=O) groups is 1. The minimum Gasteiger partial charge on any atom is -0.274 e. The number of hydroxylamine groups is 1. The average Bonchev–Trinajstić information content (AvgIpc) is 2.63. The van der Waals surface area contributed by atoms with Gasteiger partial charge < -0.3 is 0 Å². The van der Waals surface area contributed by atoms with Gasteiger partial charge in [-0.25, -0.2) is 5.48 Å². The van der Waals surface area contributed by atoms with E-state index in [9.17, 15) is 4.79 Å². The molecule has 0 aliphatic heterocycles. The van der Waals surface area contributed by atoms with Crippen molar-refractivity contribution in [3.8, 4) is 0 Å². The molecule has 0 bridgehead atoms. The lowest BCUT2D eigenvalue weighted by Gasteiger charge is -2.03. The van der Waals surface area contributed by atoms with Gasteiger partial charge in [0.2, 0.25) is 5.91 Å². The normalized spacial score (nSPS) is 27.0. The molecule has 0 heterocycles. The summed E-state index contributed by atoms with van der Waals surface area (Å²) in [5.74, 6) is 0.409. The van der Waals surface area contributed by atoms with Crippen LogP contribution >= 0.6 is 0 Å². The Morgan fingerprint density at radius 2 is 2.07 bits per heavy atom. The smallest absolute Gasteiger partial charge is 0.247 e. The van der Waals surface area contributed by atoms with Crippen molar-refractivity contribution in [2.24, 2.45) is 17.3 Å². The van der Waals surface area contributed by atoms with E-state index in [0.29, 0.717) is 12.5 Å². The molecular weight excluding hydrogens is 190 g/mol. The molecule has 0 aromatic heterocycles. The van der Waals surface area contributed by atoms with Gasteiger partial charge in [0, 0.05) is 0 Å². The summed E-state index contributed by atoms with van der Waals surface area (Å²) in [6.45, 7) is 10.7. The van der Waals surface area contributed by atoms with Crippen molar-refractivity contribution in [3.63, 3.8) is 0 Å². The fourth-order valence-corrected chi connectivity index (χ4v) is 2.06. The summed E-state index contributed by atoms with van der Waals surface area (Å²) in [5.41, 5.74) is 3.82. The zero-order valence-electron chi connectivity index (χ0n) is 10.3. The Labute approximate surface area is 91.8 Å². The third kappa shape index (κ3) is 2.59. The Bertz CT molecular complexity index is 277. The van der Waals surface area contributed by atoms with Crippen LogP contribution in [0.25, 0.3) is 0 Å². The van der Waals surface area contributed by atoms with Gasteiger partial charge in [0.1, 0.15) is 0 Å². The third-order valence-electron chi connectivity index (χ3n) is 3.02. The molecule has 0 radical (unpaired) electrons. The predicted molar refractivity (Wildman–Crippen MR) is 60.0 cm³/mol. The Morgan fingerprint density at radius 1 is 1.47 bits per heavy atom. The second kappa shape index (κ2) is 4.35. The first-order valence-electron chi connectivity index (χ1n) is 5.48. The Kier molecular flexibility index (Phi) is 3.55. The van der Waals surface area contributed by atoms with Gasteiger partial charge in [-0.2, -0.15) is 0 Å². The third-order valence-corrected chi connectivity index (χ3v) is 3.02. The summed E-state index contributed by atoms with van der Waals surface area (Å²) in [4.78, 5) is 16.6. The number of allylic oxidation sites excluding steroid dienone is 2. The van der Waals surface area contributed by atoms with E-state index in [2.05, 4.69) is 39.3 Å². The lowest BCUT2D eigenvalue weighted by atomic mass is 10.1.